The van der Waals surface area contributed by atoms with Crippen molar-refractivity contribution in [2.75, 3.05) is 24.6 Å². The number of sulfone groups is 1. The van der Waals surface area contributed by atoms with E-state index in [4.69, 9.17) is 5.73 Å². The maximum absolute atomic E-state index is 12.3. The molecule has 2 N–H and O–H groups in total. The average molecular weight is 282 g/mol. The number of nitrogen functional groups attached to an aromatic ring is 1. The van der Waals surface area contributed by atoms with Gasteiger partial charge in [-0.3, -0.25) is 4.79 Å². The zero-order chi connectivity index (χ0) is 14.0. The van der Waals surface area contributed by atoms with Crippen LogP contribution in [-0.4, -0.2) is 38.1 Å². The summed E-state index contributed by atoms with van der Waals surface area (Å²) in [5.74, 6) is -0.795. The van der Waals surface area contributed by atoms with Crippen LogP contribution in [0.15, 0.2) is 23.1 Å². The number of hydrogen-bond acceptors (Lipinski definition) is 4. The zero-order valence-corrected chi connectivity index (χ0v) is 11.7. The highest BCUT2D eigenvalue weighted by Gasteiger charge is 2.26. The number of likely N-dealkylation sites (tertiary alicyclic amines) is 1. The van der Waals surface area contributed by atoms with Crippen molar-refractivity contribution in [2.24, 2.45) is 0 Å². The minimum Gasteiger partial charge on any atom is -0.398 e. The molecule has 6 heteroatoms. The largest absolute Gasteiger partial charge is 0.398 e. The van der Waals surface area contributed by atoms with Crippen LogP contribution in [0.2, 0.25) is 0 Å². The second kappa shape index (κ2) is 5.21. The van der Waals surface area contributed by atoms with Crippen LogP contribution in [0.3, 0.4) is 0 Å². The molecular formula is C13H18N2O3S. The Morgan fingerprint density at radius 1 is 1.32 bits per heavy atom. The number of amides is 1. The summed E-state index contributed by atoms with van der Waals surface area (Å²) in [4.78, 5) is 13.7. The Morgan fingerprint density at radius 3 is 2.58 bits per heavy atom. The minimum absolute atomic E-state index is 0.153. The molecule has 1 fully saturated rings. The molecule has 0 unspecified atom stereocenters. The Morgan fingerprint density at radius 2 is 1.95 bits per heavy atom. The molecule has 104 valence electrons. The van der Waals surface area contributed by atoms with Crippen LogP contribution < -0.4 is 5.73 Å². The minimum atomic E-state index is -3.62. The summed E-state index contributed by atoms with van der Waals surface area (Å²) in [7, 11) is -3.62. The number of nitrogens with zero attached hydrogens (tertiary/aromatic N) is 1. The van der Waals surface area contributed by atoms with E-state index in [1.807, 2.05) is 0 Å². The Bertz CT molecular complexity index is 590. The van der Waals surface area contributed by atoms with E-state index < -0.39 is 15.6 Å². The van der Waals surface area contributed by atoms with Crippen molar-refractivity contribution in [3.8, 4) is 0 Å². The predicted molar refractivity (Wildman–Crippen MR) is 73.5 cm³/mol. The molecule has 1 amide bonds. The summed E-state index contributed by atoms with van der Waals surface area (Å²) in [6, 6.07) is 4.74. The Balaban J connectivity index is 2.22. The summed E-state index contributed by atoms with van der Waals surface area (Å²) >= 11 is 0. The number of carbonyl (C=O) groups excluding carboxylic acids is 1. The number of carbonyl (C=O) groups is 1. The van der Waals surface area contributed by atoms with Crippen molar-refractivity contribution >= 4 is 21.4 Å². The van der Waals surface area contributed by atoms with Gasteiger partial charge in [-0.15, -0.1) is 0 Å². The van der Waals surface area contributed by atoms with Crippen molar-refractivity contribution in [3.63, 3.8) is 0 Å². The maximum Gasteiger partial charge on any atom is 0.238 e. The van der Waals surface area contributed by atoms with E-state index in [1.54, 1.807) is 24.0 Å². The van der Waals surface area contributed by atoms with Gasteiger partial charge in [0.2, 0.25) is 5.91 Å². The van der Waals surface area contributed by atoms with Gasteiger partial charge in [-0.05, 0) is 37.5 Å². The van der Waals surface area contributed by atoms with Crippen molar-refractivity contribution in [3.05, 3.63) is 23.8 Å². The van der Waals surface area contributed by atoms with Gasteiger partial charge in [-0.25, -0.2) is 8.42 Å². The Hall–Kier alpha value is -1.56. The van der Waals surface area contributed by atoms with Crippen LogP contribution in [0.5, 0.6) is 0 Å². The number of benzene rings is 1. The van der Waals surface area contributed by atoms with Gasteiger partial charge in [0, 0.05) is 18.8 Å². The first-order valence-electron chi connectivity index (χ1n) is 6.27. The summed E-state index contributed by atoms with van der Waals surface area (Å²) in [5, 5.41) is 0. The molecule has 0 bridgehead atoms. The highest BCUT2D eigenvalue weighted by atomic mass is 32.2. The van der Waals surface area contributed by atoms with Gasteiger partial charge in [0.1, 0.15) is 5.75 Å². The molecule has 0 aliphatic carbocycles. The first-order valence-corrected chi connectivity index (χ1v) is 7.92. The third-order valence-corrected chi connectivity index (χ3v) is 5.17. The maximum atomic E-state index is 12.3. The first kappa shape index (κ1) is 13.9. The second-order valence-corrected chi connectivity index (χ2v) is 6.78. The molecule has 1 saturated heterocycles. The Labute approximate surface area is 113 Å². The van der Waals surface area contributed by atoms with Gasteiger partial charge in [0.25, 0.3) is 0 Å². The van der Waals surface area contributed by atoms with Gasteiger partial charge in [0.15, 0.2) is 9.84 Å². The molecule has 5 nitrogen and oxygen atoms in total. The molecule has 1 aromatic rings. The van der Waals surface area contributed by atoms with Crippen LogP contribution in [0.4, 0.5) is 5.69 Å². The van der Waals surface area contributed by atoms with E-state index in [9.17, 15) is 13.2 Å². The lowest BCUT2D eigenvalue weighted by atomic mass is 10.2. The van der Waals surface area contributed by atoms with Gasteiger partial charge in [-0.1, -0.05) is 6.07 Å². The molecule has 0 saturated carbocycles. The fourth-order valence-electron chi connectivity index (χ4n) is 2.27. The molecule has 0 atom stereocenters. The van der Waals surface area contributed by atoms with Crippen LogP contribution in [0.25, 0.3) is 0 Å². The third kappa shape index (κ3) is 2.89. The van der Waals surface area contributed by atoms with E-state index in [2.05, 4.69) is 0 Å². The van der Waals surface area contributed by atoms with Crippen molar-refractivity contribution < 1.29 is 13.2 Å². The SMILES string of the molecule is Cc1c(N)cccc1S(=O)(=O)CC(=O)N1CCCC1. The van der Waals surface area contributed by atoms with Crippen LogP contribution in [0.1, 0.15) is 18.4 Å². The number of hydrogen-bond donors (Lipinski definition) is 1. The molecule has 0 radical (unpaired) electrons. The molecule has 0 spiro atoms. The highest BCUT2D eigenvalue weighted by Crippen LogP contribution is 2.22. The fraction of sp³-hybridized carbons (Fsp3) is 0.462. The topological polar surface area (TPSA) is 80.5 Å². The van der Waals surface area contributed by atoms with E-state index in [0.717, 1.165) is 12.8 Å². The van der Waals surface area contributed by atoms with Crippen molar-refractivity contribution in [1.82, 2.24) is 4.90 Å². The molecule has 1 heterocycles. The van der Waals surface area contributed by atoms with Crippen LogP contribution in [0, 0.1) is 6.92 Å². The molecule has 1 aliphatic heterocycles. The average Bonchev–Trinajstić information content (AvgIpc) is 2.85. The molecule has 19 heavy (non-hydrogen) atoms. The van der Waals surface area contributed by atoms with E-state index in [-0.39, 0.29) is 10.8 Å². The smallest absolute Gasteiger partial charge is 0.238 e. The summed E-state index contributed by atoms with van der Waals surface area (Å²) in [5.41, 5.74) is 6.65. The van der Waals surface area contributed by atoms with Gasteiger partial charge in [-0.2, -0.15) is 0 Å². The van der Waals surface area contributed by atoms with Crippen LogP contribution in [-0.2, 0) is 14.6 Å². The quantitative estimate of drug-likeness (QED) is 0.838. The zero-order valence-electron chi connectivity index (χ0n) is 10.9. The molecule has 1 aromatic carbocycles. The number of rotatable bonds is 3. The predicted octanol–water partition coefficient (Wildman–Crippen LogP) is 0.973. The lowest BCUT2D eigenvalue weighted by Gasteiger charge is -2.16. The van der Waals surface area contributed by atoms with E-state index >= 15 is 0 Å². The highest BCUT2D eigenvalue weighted by molar-refractivity contribution is 7.92. The second-order valence-electron chi connectivity index (χ2n) is 4.82. The standard InChI is InChI=1S/C13H18N2O3S/c1-10-11(14)5-4-6-12(10)19(17,18)9-13(16)15-7-2-3-8-15/h4-6H,2-3,7-9,14H2,1H3. The van der Waals surface area contributed by atoms with Gasteiger partial charge >= 0.3 is 0 Å². The van der Waals surface area contributed by atoms with Crippen molar-refractivity contribution in [2.45, 2.75) is 24.7 Å². The molecule has 2 rings (SSSR count). The number of anilines is 1. The fourth-order valence-corrected chi connectivity index (χ4v) is 3.80. The third-order valence-electron chi connectivity index (χ3n) is 3.43. The molecule has 0 aromatic heterocycles. The number of nitrogens with two attached hydrogens (primary N) is 1. The van der Waals surface area contributed by atoms with Crippen LogP contribution >= 0.6 is 0 Å². The van der Waals surface area contributed by atoms with Gasteiger partial charge < -0.3 is 10.6 Å². The summed E-state index contributed by atoms with van der Waals surface area (Å²) in [6.45, 7) is 2.97. The lowest BCUT2D eigenvalue weighted by Crippen LogP contribution is -2.33. The lowest BCUT2D eigenvalue weighted by molar-refractivity contribution is -0.127. The molecule has 1 aliphatic rings. The van der Waals surface area contributed by atoms with E-state index in [0.29, 0.717) is 24.3 Å². The van der Waals surface area contributed by atoms with E-state index in [1.165, 1.54) is 6.07 Å². The van der Waals surface area contributed by atoms with Gasteiger partial charge in [0.05, 0.1) is 4.90 Å². The normalized spacial score (nSPS) is 15.7. The monoisotopic (exact) mass is 282 g/mol. The summed E-state index contributed by atoms with van der Waals surface area (Å²) < 4.78 is 24.5. The van der Waals surface area contributed by atoms with Crippen molar-refractivity contribution in [1.29, 1.82) is 0 Å². The first-order chi connectivity index (χ1) is 8.92. The summed E-state index contributed by atoms with van der Waals surface area (Å²) in [6.07, 6.45) is 1.90. The molecular weight excluding hydrogens is 264 g/mol. The Kier molecular flexibility index (Phi) is 3.80.